The molecule has 4 aromatic carbocycles. The van der Waals surface area contributed by atoms with Gasteiger partial charge in [-0.05, 0) is 67.3 Å². The van der Waals surface area contributed by atoms with Gasteiger partial charge in [-0.25, -0.2) is 4.79 Å². The number of hydrogen-bond acceptors (Lipinski definition) is 2. The van der Waals surface area contributed by atoms with Gasteiger partial charge in [0.2, 0.25) is 0 Å². The molecule has 0 unspecified atom stereocenters. The zero-order valence-electron chi connectivity index (χ0n) is 20.4. The molecule has 0 aliphatic rings. The molecule has 0 fully saturated rings. The van der Waals surface area contributed by atoms with E-state index in [0.29, 0.717) is 0 Å². The van der Waals surface area contributed by atoms with E-state index in [-0.39, 0.29) is 5.97 Å². The van der Waals surface area contributed by atoms with Gasteiger partial charge in [-0.1, -0.05) is 78.9 Å². The summed E-state index contributed by atoms with van der Waals surface area (Å²) in [5.74, 6) is -0.334. The highest BCUT2D eigenvalue weighted by molar-refractivity contribution is 6.08. The van der Waals surface area contributed by atoms with Crippen molar-refractivity contribution in [2.45, 2.75) is 32.9 Å². The van der Waals surface area contributed by atoms with Crippen molar-refractivity contribution in [1.82, 2.24) is 4.57 Å². The lowest BCUT2D eigenvalue weighted by Crippen LogP contribution is -2.22. The maximum atomic E-state index is 12.1. The van der Waals surface area contributed by atoms with Crippen LogP contribution in [-0.2, 0) is 16.1 Å². The molecule has 0 spiro atoms. The third-order valence-electron chi connectivity index (χ3n) is 6.02. The average Bonchev–Trinajstić information content (AvgIpc) is 3.16. The van der Waals surface area contributed by atoms with Crippen LogP contribution in [-0.4, -0.2) is 16.1 Å². The number of esters is 1. The van der Waals surface area contributed by atoms with Gasteiger partial charge in [0, 0.05) is 34.4 Å². The third kappa shape index (κ3) is 5.04. The molecule has 1 aromatic heterocycles. The summed E-state index contributed by atoms with van der Waals surface area (Å²) in [5.41, 5.74) is 6.54. The predicted octanol–water partition coefficient (Wildman–Crippen LogP) is 7.86. The number of hydrogen-bond donors (Lipinski definition) is 0. The van der Waals surface area contributed by atoms with Gasteiger partial charge in [-0.15, -0.1) is 0 Å². The Hall–Kier alpha value is -4.11. The Bertz CT molecular complexity index is 1520. The second kappa shape index (κ2) is 9.27. The lowest BCUT2D eigenvalue weighted by molar-refractivity contribution is -0.148. The molecule has 35 heavy (non-hydrogen) atoms. The first kappa shape index (κ1) is 22.7. The molecule has 0 atom stereocenters. The van der Waals surface area contributed by atoms with E-state index in [1.165, 1.54) is 44.6 Å². The van der Waals surface area contributed by atoms with E-state index in [1.54, 1.807) is 0 Å². The Morgan fingerprint density at radius 2 is 1.43 bits per heavy atom. The van der Waals surface area contributed by atoms with Gasteiger partial charge in [-0.3, -0.25) is 0 Å². The minimum absolute atomic E-state index is 0.334. The summed E-state index contributed by atoms with van der Waals surface area (Å²) in [6.07, 6.45) is 3.32. The Morgan fingerprint density at radius 3 is 2.17 bits per heavy atom. The monoisotopic (exact) mass is 459 g/mol. The number of fused-ring (bicyclic) bond motifs is 3. The van der Waals surface area contributed by atoms with Crippen LogP contribution >= 0.6 is 0 Å². The van der Waals surface area contributed by atoms with E-state index < -0.39 is 5.60 Å². The fraction of sp³-hybridized carbons (Fsp3) is 0.156. The predicted molar refractivity (Wildman–Crippen MR) is 145 cm³/mol. The number of rotatable bonds is 5. The Kier molecular flexibility index (Phi) is 6.00. The number of para-hydroxylation sites is 1. The topological polar surface area (TPSA) is 31.2 Å². The molecule has 0 aliphatic heterocycles. The van der Waals surface area contributed by atoms with Gasteiger partial charge >= 0.3 is 5.97 Å². The first-order valence-corrected chi connectivity index (χ1v) is 11.9. The normalized spacial score (nSPS) is 12.0. The van der Waals surface area contributed by atoms with Gasteiger partial charge in [0.15, 0.2) is 0 Å². The van der Waals surface area contributed by atoms with Crippen molar-refractivity contribution in [2.75, 3.05) is 0 Å². The molecular formula is C32H29NO2. The highest BCUT2D eigenvalue weighted by Gasteiger charge is 2.14. The molecule has 0 saturated heterocycles. The summed E-state index contributed by atoms with van der Waals surface area (Å²) in [6.45, 7) is 6.39. The molecule has 0 bridgehead atoms. The summed E-state index contributed by atoms with van der Waals surface area (Å²) in [7, 11) is 0. The summed E-state index contributed by atoms with van der Waals surface area (Å²) in [4.78, 5) is 12.1. The quantitative estimate of drug-likeness (QED) is 0.198. The number of aromatic nitrogens is 1. The molecule has 5 aromatic rings. The number of carbonyl (C=O) groups is 1. The van der Waals surface area contributed by atoms with Gasteiger partial charge in [-0.2, -0.15) is 0 Å². The Morgan fingerprint density at radius 1 is 0.771 bits per heavy atom. The molecule has 0 N–H and O–H groups in total. The zero-order valence-corrected chi connectivity index (χ0v) is 20.4. The molecule has 0 aliphatic carbocycles. The van der Waals surface area contributed by atoms with Crippen molar-refractivity contribution in [3.05, 3.63) is 114 Å². The number of carbonyl (C=O) groups excluding carboxylic acids is 1. The van der Waals surface area contributed by atoms with E-state index >= 15 is 0 Å². The molecule has 5 rings (SSSR count). The second-order valence-corrected chi connectivity index (χ2v) is 9.81. The van der Waals surface area contributed by atoms with Crippen molar-refractivity contribution >= 4 is 33.9 Å². The second-order valence-electron chi connectivity index (χ2n) is 9.81. The van der Waals surface area contributed by atoms with Gasteiger partial charge < -0.3 is 9.30 Å². The van der Waals surface area contributed by atoms with Crippen LogP contribution in [0.1, 0.15) is 31.9 Å². The van der Waals surface area contributed by atoms with Crippen LogP contribution in [0.15, 0.2) is 103 Å². The average molecular weight is 460 g/mol. The molecule has 1 heterocycles. The first-order valence-electron chi connectivity index (χ1n) is 11.9. The fourth-order valence-electron chi connectivity index (χ4n) is 4.46. The Balaban J connectivity index is 1.47. The minimum Gasteiger partial charge on any atom is -0.457 e. The van der Waals surface area contributed by atoms with E-state index in [4.69, 9.17) is 4.74 Å². The lowest BCUT2D eigenvalue weighted by Gasteiger charge is -2.17. The molecule has 0 amide bonds. The first-order chi connectivity index (χ1) is 16.9. The van der Waals surface area contributed by atoms with Crippen LogP contribution in [0.3, 0.4) is 0 Å². The maximum Gasteiger partial charge on any atom is 0.331 e. The largest absolute Gasteiger partial charge is 0.457 e. The van der Waals surface area contributed by atoms with Crippen molar-refractivity contribution in [2.24, 2.45) is 0 Å². The summed E-state index contributed by atoms with van der Waals surface area (Å²) in [6, 6.07) is 34.1. The summed E-state index contributed by atoms with van der Waals surface area (Å²) >= 11 is 0. The van der Waals surface area contributed by atoms with Gasteiger partial charge in [0.1, 0.15) is 5.60 Å². The van der Waals surface area contributed by atoms with E-state index in [9.17, 15) is 4.79 Å². The summed E-state index contributed by atoms with van der Waals surface area (Å²) < 4.78 is 7.76. The van der Waals surface area contributed by atoms with Crippen molar-refractivity contribution in [3.63, 3.8) is 0 Å². The molecule has 3 heteroatoms. The number of ether oxygens (including phenoxy) is 1. The molecular weight excluding hydrogens is 430 g/mol. The van der Waals surface area contributed by atoms with E-state index in [0.717, 1.165) is 12.1 Å². The van der Waals surface area contributed by atoms with Crippen LogP contribution in [0.4, 0.5) is 0 Å². The molecule has 0 saturated carbocycles. The standard InChI is InChI=1S/C32H29NO2/c1-32(2,3)35-31(34)20-16-23-15-19-30-28(21-23)27-11-7-8-12-29(27)33(30)22-24-13-17-26(18-14-24)25-9-5-4-6-10-25/h4-21H,22H2,1-3H3/b20-16+. The fourth-order valence-corrected chi connectivity index (χ4v) is 4.46. The molecule has 3 nitrogen and oxygen atoms in total. The van der Waals surface area contributed by atoms with E-state index in [1.807, 2.05) is 32.9 Å². The van der Waals surface area contributed by atoms with Crippen LogP contribution in [0, 0.1) is 0 Å². The van der Waals surface area contributed by atoms with Crippen LogP contribution in [0.25, 0.3) is 39.0 Å². The number of nitrogens with zero attached hydrogens (tertiary/aromatic N) is 1. The zero-order chi connectivity index (χ0) is 24.4. The maximum absolute atomic E-state index is 12.1. The summed E-state index contributed by atoms with van der Waals surface area (Å²) in [5, 5.41) is 2.38. The van der Waals surface area contributed by atoms with Crippen LogP contribution in [0.2, 0.25) is 0 Å². The van der Waals surface area contributed by atoms with Crippen molar-refractivity contribution in [3.8, 4) is 11.1 Å². The minimum atomic E-state index is -0.502. The van der Waals surface area contributed by atoms with Crippen LogP contribution < -0.4 is 0 Å². The van der Waals surface area contributed by atoms with E-state index in [2.05, 4.69) is 95.6 Å². The molecule has 0 radical (unpaired) electrons. The Labute approximate surface area is 206 Å². The SMILES string of the molecule is CC(C)(C)OC(=O)/C=C/c1ccc2c(c1)c1ccccc1n2Cc1ccc(-c2ccccc2)cc1. The van der Waals surface area contributed by atoms with Crippen molar-refractivity contribution < 1.29 is 9.53 Å². The lowest BCUT2D eigenvalue weighted by atomic mass is 10.0. The van der Waals surface area contributed by atoms with Crippen LogP contribution in [0.5, 0.6) is 0 Å². The number of benzene rings is 4. The molecule has 174 valence electrons. The smallest absolute Gasteiger partial charge is 0.331 e. The van der Waals surface area contributed by atoms with Gasteiger partial charge in [0.25, 0.3) is 0 Å². The third-order valence-corrected chi connectivity index (χ3v) is 6.02. The highest BCUT2D eigenvalue weighted by Crippen LogP contribution is 2.31. The van der Waals surface area contributed by atoms with Gasteiger partial charge in [0.05, 0.1) is 0 Å². The highest BCUT2D eigenvalue weighted by atomic mass is 16.6. The van der Waals surface area contributed by atoms with Crippen molar-refractivity contribution in [1.29, 1.82) is 0 Å².